The number of hydrogen-bond acceptors (Lipinski definition) is 3. The van der Waals surface area contributed by atoms with E-state index in [1.54, 1.807) is 0 Å². The second kappa shape index (κ2) is 8.55. The molecule has 0 aromatic heterocycles. The predicted molar refractivity (Wildman–Crippen MR) is 81.0 cm³/mol. The van der Waals surface area contributed by atoms with Crippen molar-refractivity contribution in [2.75, 3.05) is 26.2 Å². The Kier molecular flexibility index (Phi) is 7.41. The maximum absolute atomic E-state index is 8.94. The van der Waals surface area contributed by atoms with Crippen LogP contribution in [0.2, 0.25) is 0 Å². The molecule has 1 rings (SSSR count). The normalized spacial score (nSPS) is 19.1. The summed E-state index contributed by atoms with van der Waals surface area (Å²) < 4.78 is 0. The highest BCUT2D eigenvalue weighted by Gasteiger charge is 2.16. The van der Waals surface area contributed by atoms with Crippen LogP contribution < -0.4 is 5.32 Å². The molecule has 110 valence electrons. The third kappa shape index (κ3) is 6.94. The second-order valence-corrected chi connectivity index (χ2v) is 6.60. The summed E-state index contributed by atoms with van der Waals surface area (Å²) in [6.45, 7) is 11.1. The van der Waals surface area contributed by atoms with Gasteiger partial charge in [0.15, 0.2) is 0 Å². The van der Waals surface area contributed by atoms with Crippen LogP contribution in [0.5, 0.6) is 0 Å². The van der Waals surface area contributed by atoms with Crippen molar-refractivity contribution < 1.29 is 0 Å². The van der Waals surface area contributed by atoms with E-state index < -0.39 is 0 Å². The van der Waals surface area contributed by atoms with Crippen LogP contribution >= 0.6 is 0 Å². The molecule has 1 heterocycles. The van der Waals surface area contributed by atoms with Crippen molar-refractivity contribution in [2.45, 2.75) is 65.3 Å². The van der Waals surface area contributed by atoms with Crippen LogP contribution in [0.15, 0.2) is 0 Å². The van der Waals surface area contributed by atoms with Crippen LogP contribution in [-0.4, -0.2) is 37.1 Å². The molecule has 1 aliphatic heterocycles. The molecule has 1 N–H and O–H groups in total. The number of piperidine rings is 1. The average Bonchev–Trinajstić information content (AvgIpc) is 2.43. The second-order valence-electron chi connectivity index (χ2n) is 6.60. The lowest BCUT2D eigenvalue weighted by atomic mass is 9.89. The Bertz CT molecular complexity index is 274. The van der Waals surface area contributed by atoms with Crippen LogP contribution in [0, 0.1) is 16.7 Å². The Morgan fingerprint density at radius 1 is 1.21 bits per heavy atom. The van der Waals surface area contributed by atoms with E-state index in [1.165, 1.54) is 38.8 Å². The smallest absolute Gasteiger partial charge is 0.0683 e. The Labute approximate surface area is 119 Å². The maximum atomic E-state index is 8.94. The molecule has 0 aromatic carbocycles. The van der Waals surface area contributed by atoms with Gasteiger partial charge in [0.05, 0.1) is 11.5 Å². The quantitative estimate of drug-likeness (QED) is 0.685. The highest BCUT2D eigenvalue weighted by Crippen LogP contribution is 2.21. The fourth-order valence-corrected chi connectivity index (χ4v) is 2.67. The molecule has 0 aliphatic carbocycles. The summed E-state index contributed by atoms with van der Waals surface area (Å²) >= 11 is 0. The highest BCUT2D eigenvalue weighted by molar-refractivity contribution is 4.91. The van der Waals surface area contributed by atoms with Gasteiger partial charge < -0.3 is 5.32 Å². The van der Waals surface area contributed by atoms with Crippen molar-refractivity contribution in [3.63, 3.8) is 0 Å². The molecular weight excluding hydrogens is 234 g/mol. The summed E-state index contributed by atoms with van der Waals surface area (Å²) in [4.78, 5) is 2.61. The number of nitrogens with zero attached hydrogens (tertiary/aromatic N) is 2. The van der Waals surface area contributed by atoms with Gasteiger partial charge in [-0.25, -0.2) is 0 Å². The van der Waals surface area contributed by atoms with E-state index in [1.807, 2.05) is 13.8 Å². The first-order valence-corrected chi connectivity index (χ1v) is 7.91. The zero-order valence-electron chi connectivity index (χ0n) is 13.0. The van der Waals surface area contributed by atoms with Crippen molar-refractivity contribution in [1.82, 2.24) is 10.2 Å². The zero-order valence-corrected chi connectivity index (χ0v) is 13.0. The summed E-state index contributed by atoms with van der Waals surface area (Å²) in [5.41, 5.74) is -0.152. The summed E-state index contributed by atoms with van der Waals surface area (Å²) in [6, 6.07) is 3.03. The van der Waals surface area contributed by atoms with E-state index in [2.05, 4.69) is 23.2 Å². The van der Waals surface area contributed by atoms with E-state index in [4.69, 9.17) is 5.26 Å². The van der Waals surface area contributed by atoms with Crippen molar-refractivity contribution in [2.24, 2.45) is 5.41 Å². The number of hydrogen-bond donors (Lipinski definition) is 1. The number of nitriles is 1. The maximum Gasteiger partial charge on any atom is 0.0683 e. The van der Waals surface area contributed by atoms with Gasteiger partial charge in [0, 0.05) is 12.6 Å². The predicted octanol–water partition coefficient (Wildman–Crippen LogP) is 3.17. The SMILES string of the molecule is CC(CNCCCCC(C)(C)C#N)N1CCCCC1. The lowest BCUT2D eigenvalue weighted by molar-refractivity contribution is 0.171. The Hall–Kier alpha value is -0.590. The highest BCUT2D eigenvalue weighted by atomic mass is 15.2. The standard InChI is InChI=1S/C16H31N3/c1-15(19-11-7-4-8-12-19)13-18-10-6-5-9-16(2,3)14-17/h15,18H,4-13H2,1-3H3. The fourth-order valence-electron chi connectivity index (χ4n) is 2.67. The van der Waals surface area contributed by atoms with Crippen molar-refractivity contribution in [3.05, 3.63) is 0 Å². The van der Waals surface area contributed by atoms with Crippen molar-refractivity contribution >= 4 is 0 Å². The molecule has 1 fully saturated rings. The van der Waals surface area contributed by atoms with E-state index in [0.29, 0.717) is 6.04 Å². The van der Waals surface area contributed by atoms with Gasteiger partial charge in [-0.3, -0.25) is 4.90 Å². The van der Waals surface area contributed by atoms with Crippen LogP contribution in [-0.2, 0) is 0 Å². The minimum absolute atomic E-state index is 0.152. The average molecular weight is 265 g/mol. The number of rotatable bonds is 8. The molecule has 0 spiro atoms. The van der Waals surface area contributed by atoms with Gasteiger partial charge in [-0.05, 0) is 66.1 Å². The first kappa shape index (κ1) is 16.5. The monoisotopic (exact) mass is 265 g/mol. The van der Waals surface area contributed by atoms with Crippen LogP contribution in [0.25, 0.3) is 0 Å². The molecule has 1 unspecified atom stereocenters. The molecule has 3 nitrogen and oxygen atoms in total. The molecule has 1 saturated heterocycles. The van der Waals surface area contributed by atoms with E-state index in [0.717, 1.165) is 25.9 Å². The Morgan fingerprint density at radius 3 is 2.53 bits per heavy atom. The summed E-state index contributed by atoms with van der Waals surface area (Å²) in [5, 5.41) is 12.5. The minimum Gasteiger partial charge on any atom is -0.315 e. The molecule has 0 saturated carbocycles. The Morgan fingerprint density at radius 2 is 1.89 bits per heavy atom. The van der Waals surface area contributed by atoms with Gasteiger partial charge in [0.2, 0.25) is 0 Å². The molecule has 0 amide bonds. The first-order valence-electron chi connectivity index (χ1n) is 7.91. The lowest BCUT2D eigenvalue weighted by Crippen LogP contribution is -2.43. The zero-order chi connectivity index (χ0) is 14.1. The Balaban J connectivity index is 2.00. The minimum atomic E-state index is -0.152. The fraction of sp³-hybridized carbons (Fsp3) is 0.938. The topological polar surface area (TPSA) is 39.1 Å². The number of nitrogens with one attached hydrogen (secondary N) is 1. The number of unbranched alkanes of at least 4 members (excludes halogenated alkanes) is 1. The molecule has 0 bridgehead atoms. The summed E-state index contributed by atoms with van der Waals surface area (Å²) in [7, 11) is 0. The van der Waals surface area contributed by atoms with Crippen LogP contribution in [0.3, 0.4) is 0 Å². The van der Waals surface area contributed by atoms with Gasteiger partial charge >= 0.3 is 0 Å². The van der Waals surface area contributed by atoms with E-state index in [9.17, 15) is 0 Å². The largest absolute Gasteiger partial charge is 0.315 e. The van der Waals surface area contributed by atoms with Gasteiger partial charge in [-0.2, -0.15) is 5.26 Å². The molecule has 3 heteroatoms. The molecule has 0 radical (unpaired) electrons. The van der Waals surface area contributed by atoms with E-state index in [-0.39, 0.29) is 5.41 Å². The first-order chi connectivity index (χ1) is 9.05. The van der Waals surface area contributed by atoms with Crippen LogP contribution in [0.4, 0.5) is 0 Å². The summed E-state index contributed by atoms with van der Waals surface area (Å²) in [6.07, 6.45) is 7.48. The lowest BCUT2D eigenvalue weighted by Gasteiger charge is -2.32. The molecule has 1 aliphatic rings. The van der Waals surface area contributed by atoms with Crippen LogP contribution in [0.1, 0.15) is 59.3 Å². The third-order valence-electron chi connectivity index (χ3n) is 4.16. The summed E-state index contributed by atoms with van der Waals surface area (Å²) in [5.74, 6) is 0. The van der Waals surface area contributed by atoms with Gasteiger partial charge in [0.25, 0.3) is 0 Å². The van der Waals surface area contributed by atoms with Crippen molar-refractivity contribution in [3.8, 4) is 6.07 Å². The van der Waals surface area contributed by atoms with E-state index >= 15 is 0 Å². The third-order valence-corrected chi connectivity index (χ3v) is 4.16. The number of likely N-dealkylation sites (tertiary alicyclic amines) is 1. The molecular formula is C16H31N3. The van der Waals surface area contributed by atoms with Gasteiger partial charge in [-0.15, -0.1) is 0 Å². The van der Waals surface area contributed by atoms with Crippen molar-refractivity contribution in [1.29, 1.82) is 5.26 Å². The molecule has 1 atom stereocenters. The molecule has 19 heavy (non-hydrogen) atoms. The molecule has 0 aromatic rings. The van der Waals surface area contributed by atoms with Gasteiger partial charge in [-0.1, -0.05) is 12.8 Å². The van der Waals surface area contributed by atoms with Gasteiger partial charge in [0.1, 0.15) is 0 Å².